The number of carboxylic acid groups (broad SMARTS) is 1. The average molecular weight is 443 g/mol. The van der Waals surface area contributed by atoms with Crippen molar-refractivity contribution in [1.29, 1.82) is 5.26 Å². The van der Waals surface area contributed by atoms with Crippen LogP contribution in [0, 0.1) is 11.3 Å². The maximum Gasteiger partial charge on any atom is 0.349 e. The van der Waals surface area contributed by atoms with E-state index in [0.29, 0.717) is 11.1 Å². The van der Waals surface area contributed by atoms with Crippen LogP contribution in [0.15, 0.2) is 29.1 Å². The number of ether oxygens (including phenoxy) is 1. The Morgan fingerprint density at radius 2 is 2.13 bits per heavy atom. The van der Waals surface area contributed by atoms with Gasteiger partial charge in [-0.15, -0.1) is 11.3 Å². The van der Waals surface area contributed by atoms with Crippen LogP contribution < -0.4 is 24.8 Å². The second-order valence-corrected chi connectivity index (χ2v) is 8.21. The molecule has 164 valence electrons. The second-order valence-electron chi connectivity index (χ2n) is 7.18. The van der Waals surface area contributed by atoms with Crippen molar-refractivity contribution < 1.29 is 14.6 Å². The number of anilines is 1. The fourth-order valence-electron chi connectivity index (χ4n) is 3.48. The van der Waals surface area contributed by atoms with Gasteiger partial charge in [0.2, 0.25) is 0 Å². The fourth-order valence-corrected chi connectivity index (χ4v) is 4.56. The van der Waals surface area contributed by atoms with Gasteiger partial charge in [0.15, 0.2) is 5.57 Å². The quantitative estimate of drug-likeness (QED) is 0.636. The first-order valence-corrected chi connectivity index (χ1v) is 11.1. The number of carboxylic acids is 1. The van der Waals surface area contributed by atoms with Crippen LogP contribution in [0.3, 0.4) is 0 Å². The third kappa shape index (κ3) is 5.75. The summed E-state index contributed by atoms with van der Waals surface area (Å²) in [5.74, 6) is -0.612. The molecule has 2 heterocycles. The Hall–Kier alpha value is -3.09. The molecular weight excluding hydrogens is 416 g/mol. The summed E-state index contributed by atoms with van der Waals surface area (Å²) in [5.41, 5.74) is -0.0266. The van der Waals surface area contributed by atoms with Crippen LogP contribution in [-0.2, 0) is 11.3 Å². The maximum absolute atomic E-state index is 12.6. The largest absolute Gasteiger partial charge is 0.492 e. The van der Waals surface area contributed by atoms with E-state index in [9.17, 15) is 14.7 Å². The number of aliphatic carboxylic acids is 1. The van der Waals surface area contributed by atoms with Crippen molar-refractivity contribution in [3.05, 3.63) is 43.8 Å². The normalized spacial score (nSPS) is 15.9. The topological polar surface area (TPSA) is 108 Å². The molecule has 1 aromatic carbocycles. The Balaban J connectivity index is 1.74. The van der Waals surface area contributed by atoms with Crippen LogP contribution in [-0.4, -0.2) is 46.8 Å². The van der Waals surface area contributed by atoms with E-state index in [1.807, 2.05) is 24.3 Å². The van der Waals surface area contributed by atoms with Crippen molar-refractivity contribution in [3.8, 4) is 11.8 Å². The molecule has 0 atom stereocenters. The minimum Gasteiger partial charge on any atom is -0.492 e. The average Bonchev–Trinajstić information content (AvgIpc) is 3.08. The summed E-state index contributed by atoms with van der Waals surface area (Å²) in [5, 5.41) is 21.4. The molecule has 2 N–H and O–H groups in total. The fraction of sp³-hybridized carbons (Fsp3) is 0.409. The molecule has 1 aliphatic heterocycles. The minimum atomic E-state index is -1.35. The van der Waals surface area contributed by atoms with Crippen molar-refractivity contribution in [2.24, 2.45) is 0 Å². The number of piperidine rings is 1. The van der Waals surface area contributed by atoms with Crippen molar-refractivity contribution in [1.82, 2.24) is 9.47 Å². The molecule has 0 spiro atoms. The van der Waals surface area contributed by atoms with E-state index in [2.05, 4.69) is 10.2 Å². The molecule has 0 bridgehead atoms. The molecule has 1 aromatic heterocycles. The Kier molecular flexibility index (Phi) is 7.87. The summed E-state index contributed by atoms with van der Waals surface area (Å²) in [6.07, 6.45) is 5.34. The van der Waals surface area contributed by atoms with E-state index in [1.54, 1.807) is 13.0 Å². The molecule has 9 heteroatoms. The number of benzene rings is 1. The van der Waals surface area contributed by atoms with E-state index in [1.165, 1.54) is 30.0 Å². The zero-order valence-corrected chi connectivity index (χ0v) is 18.3. The lowest BCUT2D eigenvalue weighted by atomic mass is 10.1. The third-order valence-electron chi connectivity index (χ3n) is 5.09. The standard InChI is InChI=1S/C22H26N4O4S/c1-2-26-20(27)19(31-21(26)18(14-23)22(28)29)15-24-16-7-6-8-17(13-16)30-12-11-25-9-4-3-5-10-25/h6-8,13,15,24H,2-5,9-12H2,1H3,(H,28,29). The molecule has 0 saturated carbocycles. The van der Waals surface area contributed by atoms with Gasteiger partial charge in [0.25, 0.3) is 5.56 Å². The lowest BCUT2D eigenvalue weighted by molar-refractivity contribution is -0.130. The summed E-state index contributed by atoms with van der Waals surface area (Å²) in [4.78, 5) is 26.3. The zero-order valence-electron chi connectivity index (χ0n) is 17.5. The van der Waals surface area contributed by atoms with Crippen LogP contribution >= 0.6 is 11.3 Å². The van der Waals surface area contributed by atoms with Crippen LogP contribution in [0.2, 0.25) is 0 Å². The van der Waals surface area contributed by atoms with E-state index < -0.39 is 11.5 Å². The SMILES string of the molecule is CCn1c(=C(C#N)C(=O)O)sc(=CNc2cccc(OCCN3CCCCC3)c2)c1=O. The lowest BCUT2D eigenvalue weighted by Crippen LogP contribution is -2.33. The number of nitriles is 1. The molecule has 0 amide bonds. The van der Waals surface area contributed by atoms with E-state index >= 15 is 0 Å². The highest BCUT2D eigenvalue weighted by Crippen LogP contribution is 2.17. The first-order chi connectivity index (χ1) is 15.0. The summed E-state index contributed by atoms with van der Waals surface area (Å²) in [6.45, 7) is 5.79. The molecule has 1 fully saturated rings. The summed E-state index contributed by atoms with van der Waals surface area (Å²) in [6, 6.07) is 9.12. The smallest absolute Gasteiger partial charge is 0.349 e. The van der Waals surface area contributed by atoms with Crippen LogP contribution in [0.5, 0.6) is 5.75 Å². The van der Waals surface area contributed by atoms with Gasteiger partial charge in [-0.05, 0) is 45.0 Å². The molecule has 1 saturated heterocycles. The molecule has 31 heavy (non-hydrogen) atoms. The number of hydrogen-bond acceptors (Lipinski definition) is 7. The summed E-state index contributed by atoms with van der Waals surface area (Å²) in [7, 11) is 0. The minimum absolute atomic E-state index is 0.144. The van der Waals surface area contributed by atoms with E-state index in [-0.39, 0.29) is 16.8 Å². The molecule has 1 aliphatic rings. The van der Waals surface area contributed by atoms with Crippen molar-refractivity contribution in [2.75, 3.05) is 31.6 Å². The molecule has 0 radical (unpaired) electrons. The highest BCUT2D eigenvalue weighted by Gasteiger charge is 2.14. The predicted octanol–water partition coefficient (Wildman–Crippen LogP) is 1.40. The number of thiazole rings is 1. The number of carbonyl (C=O) groups is 1. The first-order valence-electron chi connectivity index (χ1n) is 10.3. The maximum atomic E-state index is 12.6. The molecule has 0 unspecified atom stereocenters. The van der Waals surface area contributed by atoms with Gasteiger partial charge in [-0.2, -0.15) is 5.26 Å². The van der Waals surface area contributed by atoms with Gasteiger partial charge in [0, 0.05) is 31.0 Å². The number of rotatable bonds is 8. The molecule has 3 rings (SSSR count). The number of likely N-dealkylation sites (tertiary alicyclic amines) is 1. The Bertz CT molecular complexity index is 1140. The Morgan fingerprint density at radius 1 is 1.35 bits per heavy atom. The van der Waals surface area contributed by atoms with Gasteiger partial charge in [0.1, 0.15) is 27.6 Å². The van der Waals surface area contributed by atoms with Gasteiger partial charge in [-0.25, -0.2) is 4.79 Å². The molecule has 2 aromatic rings. The van der Waals surface area contributed by atoms with Gasteiger partial charge >= 0.3 is 5.97 Å². The first kappa shape index (κ1) is 22.6. The number of hydrogen-bond donors (Lipinski definition) is 2. The monoisotopic (exact) mass is 442 g/mol. The summed E-state index contributed by atoms with van der Waals surface area (Å²) >= 11 is 0.980. The third-order valence-corrected chi connectivity index (χ3v) is 6.22. The van der Waals surface area contributed by atoms with Gasteiger partial charge in [0.05, 0.1) is 0 Å². The number of nitrogens with one attached hydrogen (secondary N) is 1. The highest BCUT2D eigenvalue weighted by molar-refractivity contribution is 7.07. The zero-order chi connectivity index (χ0) is 22.2. The van der Waals surface area contributed by atoms with Crippen LogP contribution in [0.4, 0.5) is 5.69 Å². The van der Waals surface area contributed by atoms with Crippen LogP contribution in [0.1, 0.15) is 26.2 Å². The molecule has 8 nitrogen and oxygen atoms in total. The predicted molar refractivity (Wildman–Crippen MR) is 120 cm³/mol. The van der Waals surface area contributed by atoms with Crippen LogP contribution in [0.25, 0.3) is 11.8 Å². The number of nitrogens with zero attached hydrogens (tertiary/aromatic N) is 3. The molecular formula is C22H26N4O4S. The van der Waals surface area contributed by atoms with Gasteiger partial charge in [-0.1, -0.05) is 12.5 Å². The molecule has 0 aliphatic carbocycles. The Labute approximate surface area is 184 Å². The van der Waals surface area contributed by atoms with Gasteiger partial charge < -0.3 is 15.2 Å². The van der Waals surface area contributed by atoms with E-state index in [0.717, 1.165) is 42.4 Å². The highest BCUT2D eigenvalue weighted by atomic mass is 32.1. The Morgan fingerprint density at radius 3 is 2.81 bits per heavy atom. The van der Waals surface area contributed by atoms with Crippen molar-refractivity contribution in [3.63, 3.8) is 0 Å². The van der Waals surface area contributed by atoms with Gasteiger partial charge in [-0.3, -0.25) is 14.3 Å². The number of aromatic nitrogens is 1. The lowest BCUT2D eigenvalue weighted by Gasteiger charge is -2.26. The van der Waals surface area contributed by atoms with Crippen molar-refractivity contribution >= 4 is 34.8 Å². The van der Waals surface area contributed by atoms with Crippen molar-refractivity contribution in [2.45, 2.75) is 32.7 Å². The second kappa shape index (κ2) is 10.8. The van der Waals surface area contributed by atoms with E-state index in [4.69, 9.17) is 10.00 Å². The summed E-state index contributed by atoms with van der Waals surface area (Å²) < 4.78 is 7.64.